The normalized spacial score (nSPS) is 10.7. The Kier molecular flexibility index (Phi) is 4.05. The van der Waals surface area contributed by atoms with Crippen LogP contribution in [0.5, 0.6) is 17.2 Å². The Balaban J connectivity index is 2.27. The molecule has 102 valence electrons. The number of methoxy groups -OCH3 is 1. The lowest BCUT2D eigenvalue weighted by atomic mass is 10.1. The van der Waals surface area contributed by atoms with E-state index in [2.05, 4.69) is 0 Å². The number of phenols is 2. The fraction of sp³-hybridized carbons (Fsp3) is 0.0625. The molecule has 0 amide bonds. The first-order valence-electron chi connectivity index (χ1n) is 5.99. The number of para-hydroxylation sites is 1. The predicted octanol–water partition coefficient (Wildman–Crippen LogP) is 3.00. The number of aromatic hydroxyl groups is 2. The highest BCUT2D eigenvalue weighted by Gasteiger charge is 2.08. The molecular formula is C16H14O4. The molecule has 2 aromatic rings. The molecule has 0 fully saturated rings. The van der Waals surface area contributed by atoms with Crippen LogP contribution in [0.1, 0.15) is 15.9 Å². The maximum absolute atomic E-state index is 12.1. The smallest absolute Gasteiger partial charge is 0.189 e. The van der Waals surface area contributed by atoms with E-state index in [1.807, 2.05) is 0 Å². The van der Waals surface area contributed by atoms with E-state index < -0.39 is 0 Å². The van der Waals surface area contributed by atoms with Gasteiger partial charge in [-0.05, 0) is 42.5 Å². The van der Waals surface area contributed by atoms with Crippen LogP contribution in [0.25, 0.3) is 6.08 Å². The fourth-order valence-corrected chi connectivity index (χ4v) is 1.78. The molecule has 0 saturated heterocycles. The van der Waals surface area contributed by atoms with E-state index in [4.69, 9.17) is 4.74 Å². The Morgan fingerprint density at radius 1 is 1.15 bits per heavy atom. The van der Waals surface area contributed by atoms with Gasteiger partial charge in [0.15, 0.2) is 5.78 Å². The number of hydrogen-bond donors (Lipinski definition) is 2. The van der Waals surface area contributed by atoms with E-state index in [1.165, 1.54) is 37.5 Å². The van der Waals surface area contributed by atoms with Crippen LogP contribution in [-0.4, -0.2) is 23.1 Å². The minimum absolute atomic E-state index is 0.00752. The van der Waals surface area contributed by atoms with Crippen molar-refractivity contribution in [1.29, 1.82) is 0 Å². The standard InChI is InChI=1S/C16H14O4/c1-20-16-5-3-2-4-13(16)15(19)8-6-11-10-12(17)7-9-14(11)18/h2-10,17-18H,1H3/b8-6+. The van der Waals surface area contributed by atoms with Gasteiger partial charge < -0.3 is 14.9 Å². The molecule has 4 heteroatoms. The summed E-state index contributed by atoms with van der Waals surface area (Å²) in [6.07, 6.45) is 2.77. The highest BCUT2D eigenvalue weighted by Crippen LogP contribution is 2.24. The molecule has 2 aromatic carbocycles. The number of ether oxygens (including phenoxy) is 1. The molecule has 0 unspecified atom stereocenters. The average molecular weight is 270 g/mol. The van der Waals surface area contributed by atoms with Crippen LogP contribution in [-0.2, 0) is 0 Å². The van der Waals surface area contributed by atoms with Crippen LogP contribution in [0.15, 0.2) is 48.5 Å². The van der Waals surface area contributed by atoms with Crippen molar-refractivity contribution in [3.8, 4) is 17.2 Å². The summed E-state index contributed by atoms with van der Waals surface area (Å²) < 4.78 is 5.12. The van der Waals surface area contributed by atoms with Crippen molar-refractivity contribution < 1.29 is 19.7 Å². The number of hydrogen-bond acceptors (Lipinski definition) is 4. The molecule has 0 spiro atoms. The van der Waals surface area contributed by atoms with Crippen LogP contribution < -0.4 is 4.74 Å². The number of carbonyl (C=O) groups excluding carboxylic acids is 1. The number of allylic oxidation sites excluding steroid dienone is 1. The average Bonchev–Trinajstić information content (AvgIpc) is 2.47. The molecule has 0 aliphatic heterocycles. The van der Waals surface area contributed by atoms with Gasteiger partial charge in [0, 0.05) is 5.56 Å². The Hall–Kier alpha value is -2.75. The Morgan fingerprint density at radius 2 is 1.90 bits per heavy atom. The Morgan fingerprint density at radius 3 is 2.65 bits per heavy atom. The van der Waals surface area contributed by atoms with Crippen molar-refractivity contribution in [3.63, 3.8) is 0 Å². The van der Waals surface area contributed by atoms with Gasteiger partial charge in [0.25, 0.3) is 0 Å². The van der Waals surface area contributed by atoms with Crippen molar-refractivity contribution in [2.75, 3.05) is 7.11 Å². The quantitative estimate of drug-likeness (QED) is 0.509. The number of phenolic OH excluding ortho intramolecular Hbond substituents is 2. The second kappa shape index (κ2) is 5.93. The Bertz CT molecular complexity index is 659. The van der Waals surface area contributed by atoms with Gasteiger partial charge in [-0.3, -0.25) is 4.79 Å². The van der Waals surface area contributed by atoms with E-state index in [9.17, 15) is 15.0 Å². The zero-order valence-electron chi connectivity index (χ0n) is 10.9. The number of benzene rings is 2. The molecule has 0 heterocycles. The molecule has 0 bridgehead atoms. The molecule has 2 rings (SSSR count). The second-order valence-electron chi connectivity index (χ2n) is 4.14. The lowest BCUT2D eigenvalue weighted by Crippen LogP contribution is -1.98. The second-order valence-corrected chi connectivity index (χ2v) is 4.14. The molecule has 0 aromatic heterocycles. The summed E-state index contributed by atoms with van der Waals surface area (Å²) in [6.45, 7) is 0. The van der Waals surface area contributed by atoms with E-state index >= 15 is 0 Å². The van der Waals surface area contributed by atoms with Gasteiger partial charge in [-0.2, -0.15) is 0 Å². The fourth-order valence-electron chi connectivity index (χ4n) is 1.78. The van der Waals surface area contributed by atoms with E-state index in [0.29, 0.717) is 16.9 Å². The van der Waals surface area contributed by atoms with Gasteiger partial charge in [-0.1, -0.05) is 12.1 Å². The zero-order chi connectivity index (χ0) is 14.5. The van der Waals surface area contributed by atoms with E-state index in [0.717, 1.165) is 0 Å². The van der Waals surface area contributed by atoms with Crippen molar-refractivity contribution in [2.24, 2.45) is 0 Å². The lowest BCUT2D eigenvalue weighted by molar-refractivity contribution is 0.104. The molecule has 0 saturated carbocycles. The summed E-state index contributed by atoms with van der Waals surface area (Å²) in [4.78, 5) is 12.1. The minimum Gasteiger partial charge on any atom is -0.508 e. The van der Waals surface area contributed by atoms with Gasteiger partial charge >= 0.3 is 0 Å². The van der Waals surface area contributed by atoms with Gasteiger partial charge in [-0.15, -0.1) is 0 Å². The molecule has 2 N–H and O–H groups in total. The SMILES string of the molecule is COc1ccccc1C(=O)/C=C/c1cc(O)ccc1O. The molecular weight excluding hydrogens is 256 g/mol. The molecule has 4 nitrogen and oxygen atoms in total. The third-order valence-electron chi connectivity index (χ3n) is 2.80. The predicted molar refractivity (Wildman–Crippen MR) is 76.1 cm³/mol. The van der Waals surface area contributed by atoms with Crippen LogP contribution in [0.2, 0.25) is 0 Å². The zero-order valence-corrected chi connectivity index (χ0v) is 10.9. The molecule has 0 radical (unpaired) electrons. The van der Waals surface area contributed by atoms with Gasteiger partial charge in [0.05, 0.1) is 12.7 Å². The van der Waals surface area contributed by atoms with E-state index in [1.54, 1.807) is 24.3 Å². The third kappa shape index (κ3) is 2.98. The summed E-state index contributed by atoms with van der Waals surface area (Å²) in [5.74, 6) is 0.256. The molecule has 0 aliphatic rings. The molecule has 0 atom stereocenters. The number of ketones is 1. The first-order valence-corrected chi connectivity index (χ1v) is 5.99. The minimum atomic E-state index is -0.245. The largest absolute Gasteiger partial charge is 0.508 e. The van der Waals surface area contributed by atoms with Crippen molar-refractivity contribution in [3.05, 3.63) is 59.7 Å². The summed E-state index contributed by atoms with van der Waals surface area (Å²) in [7, 11) is 1.50. The van der Waals surface area contributed by atoms with Crippen LogP contribution in [0, 0.1) is 0 Å². The van der Waals surface area contributed by atoms with Crippen LogP contribution >= 0.6 is 0 Å². The maximum Gasteiger partial charge on any atom is 0.189 e. The van der Waals surface area contributed by atoms with Crippen molar-refractivity contribution in [1.82, 2.24) is 0 Å². The Labute approximate surface area is 116 Å². The number of rotatable bonds is 4. The molecule has 0 aliphatic carbocycles. The van der Waals surface area contributed by atoms with Gasteiger partial charge in [-0.25, -0.2) is 0 Å². The summed E-state index contributed by atoms with van der Waals surface area (Å²) in [5, 5.41) is 19.0. The summed E-state index contributed by atoms with van der Waals surface area (Å²) >= 11 is 0. The highest BCUT2D eigenvalue weighted by atomic mass is 16.5. The van der Waals surface area contributed by atoms with Crippen LogP contribution in [0.4, 0.5) is 0 Å². The lowest BCUT2D eigenvalue weighted by Gasteiger charge is -2.04. The van der Waals surface area contributed by atoms with Gasteiger partial charge in [0.1, 0.15) is 17.2 Å². The number of carbonyl (C=O) groups is 1. The van der Waals surface area contributed by atoms with E-state index in [-0.39, 0.29) is 17.3 Å². The first kappa shape index (κ1) is 13.7. The summed E-state index contributed by atoms with van der Waals surface area (Å²) in [5.41, 5.74) is 0.805. The highest BCUT2D eigenvalue weighted by molar-refractivity contribution is 6.08. The molecule has 20 heavy (non-hydrogen) atoms. The monoisotopic (exact) mass is 270 g/mol. The van der Waals surface area contributed by atoms with Crippen molar-refractivity contribution >= 4 is 11.9 Å². The topological polar surface area (TPSA) is 66.8 Å². The third-order valence-corrected chi connectivity index (χ3v) is 2.80. The van der Waals surface area contributed by atoms with Crippen molar-refractivity contribution in [2.45, 2.75) is 0 Å². The first-order chi connectivity index (χ1) is 9.61. The maximum atomic E-state index is 12.1. The van der Waals surface area contributed by atoms with Gasteiger partial charge in [0.2, 0.25) is 0 Å². The van der Waals surface area contributed by atoms with Crippen LogP contribution in [0.3, 0.4) is 0 Å². The summed E-state index contributed by atoms with van der Waals surface area (Å²) in [6, 6.07) is 11.0.